The maximum atomic E-state index is 12.5. The third-order valence-electron chi connectivity index (χ3n) is 5.87. The van der Waals surface area contributed by atoms with Crippen molar-refractivity contribution in [2.75, 3.05) is 26.7 Å². The number of ether oxygens (including phenoxy) is 1. The molecule has 1 amide bonds. The second-order valence-corrected chi connectivity index (χ2v) is 9.24. The van der Waals surface area contributed by atoms with Gasteiger partial charge in [-0.1, -0.05) is 48.4 Å². The number of nitro groups is 1. The molecule has 33 heavy (non-hydrogen) atoms. The fourth-order valence-electron chi connectivity index (χ4n) is 4.37. The van der Waals surface area contributed by atoms with Crippen LogP contribution in [-0.2, 0) is 4.74 Å². The minimum absolute atomic E-state index is 0.0137. The van der Waals surface area contributed by atoms with E-state index in [1.54, 1.807) is 18.1 Å². The minimum Gasteiger partial charge on any atom is -0.377 e. The van der Waals surface area contributed by atoms with E-state index in [-0.39, 0.29) is 41.4 Å². The van der Waals surface area contributed by atoms with E-state index in [4.69, 9.17) is 4.74 Å². The number of methoxy groups -OCH3 is 1. The van der Waals surface area contributed by atoms with Crippen molar-refractivity contribution < 1.29 is 19.6 Å². The van der Waals surface area contributed by atoms with Crippen molar-refractivity contribution >= 4 is 5.91 Å². The molecule has 1 aromatic rings. The van der Waals surface area contributed by atoms with Gasteiger partial charge in [-0.15, -0.1) is 0 Å². The number of aliphatic hydroxyl groups is 1. The van der Waals surface area contributed by atoms with Gasteiger partial charge in [0.2, 0.25) is 6.54 Å². The molecular weight excluding hydrogens is 422 g/mol. The fourth-order valence-corrected chi connectivity index (χ4v) is 4.37. The Morgan fingerprint density at radius 3 is 2.48 bits per heavy atom. The lowest BCUT2D eigenvalue weighted by atomic mass is 9.99. The first-order valence-corrected chi connectivity index (χ1v) is 11.3. The number of fused-ring (bicyclic) bond motifs is 1. The topological polar surface area (TPSA) is 105 Å². The van der Waals surface area contributed by atoms with E-state index in [1.807, 2.05) is 45.0 Å². The predicted octanol–water partition coefficient (Wildman–Crippen LogP) is 3.57. The van der Waals surface area contributed by atoms with Crippen molar-refractivity contribution in [3.63, 3.8) is 0 Å². The van der Waals surface area contributed by atoms with Gasteiger partial charge in [0.15, 0.2) is 6.23 Å². The molecule has 1 fully saturated rings. The summed E-state index contributed by atoms with van der Waals surface area (Å²) >= 11 is 0. The molecule has 0 aromatic heterocycles. The summed E-state index contributed by atoms with van der Waals surface area (Å²) in [6.45, 7) is 11.4. The Morgan fingerprint density at radius 2 is 1.94 bits per heavy atom. The van der Waals surface area contributed by atoms with Crippen molar-refractivity contribution in [2.24, 2.45) is 11.8 Å². The number of benzene rings is 1. The van der Waals surface area contributed by atoms with Gasteiger partial charge in [-0.3, -0.25) is 14.9 Å². The molecule has 2 heterocycles. The van der Waals surface area contributed by atoms with Gasteiger partial charge in [-0.25, -0.2) is 0 Å². The van der Waals surface area contributed by atoms with Crippen LogP contribution in [0.2, 0.25) is 0 Å². The Bertz CT molecular complexity index is 890. The summed E-state index contributed by atoms with van der Waals surface area (Å²) < 4.78 is 5.14. The molecule has 1 unspecified atom stereocenters. The van der Waals surface area contributed by atoms with E-state index in [2.05, 4.69) is 25.2 Å². The zero-order valence-corrected chi connectivity index (χ0v) is 20.4. The van der Waals surface area contributed by atoms with Crippen LogP contribution in [0.4, 0.5) is 0 Å². The van der Waals surface area contributed by atoms with Gasteiger partial charge in [0.1, 0.15) is 0 Å². The molecule has 182 valence electrons. The largest absolute Gasteiger partial charge is 0.377 e. The van der Waals surface area contributed by atoms with Crippen molar-refractivity contribution in [3.8, 4) is 0 Å². The number of carbonyl (C=O) groups excluding carboxylic acids is 1. The van der Waals surface area contributed by atoms with Crippen LogP contribution in [0, 0.1) is 22.0 Å². The molecule has 0 bridgehead atoms. The highest BCUT2D eigenvalue weighted by atomic mass is 16.6. The van der Waals surface area contributed by atoms with Crippen molar-refractivity contribution in [2.45, 2.75) is 53.0 Å². The Hall–Kier alpha value is -2.55. The molecule has 0 spiro atoms. The SMILES string of the molecule is CC(C)=C[C@@H]1CNC[C@H]1N1C(=O)c2ccccc2C1O.CO[C@@H](C=C(C)C)[C@H](C)C[N+](=O)[O-]. The molecule has 3 rings (SSSR count). The highest BCUT2D eigenvalue weighted by Crippen LogP contribution is 2.36. The maximum absolute atomic E-state index is 12.5. The number of nitrogens with one attached hydrogen (secondary N) is 1. The third kappa shape index (κ3) is 6.96. The number of hydrogen-bond donors (Lipinski definition) is 2. The smallest absolute Gasteiger partial charge is 0.256 e. The summed E-state index contributed by atoms with van der Waals surface area (Å²) in [4.78, 5) is 24.1. The lowest BCUT2D eigenvalue weighted by Crippen LogP contribution is -2.42. The molecular formula is C25H37N3O5. The minimum atomic E-state index is -0.823. The number of rotatable bonds is 7. The van der Waals surface area contributed by atoms with Crippen LogP contribution < -0.4 is 5.32 Å². The summed E-state index contributed by atoms with van der Waals surface area (Å²) in [5.41, 5.74) is 3.70. The summed E-state index contributed by atoms with van der Waals surface area (Å²) in [5, 5.41) is 24.0. The number of nitrogens with zero attached hydrogens (tertiary/aromatic N) is 2. The highest BCUT2D eigenvalue weighted by Gasteiger charge is 2.43. The second kappa shape index (κ2) is 12.1. The van der Waals surface area contributed by atoms with E-state index < -0.39 is 6.23 Å². The van der Waals surface area contributed by atoms with Crippen molar-refractivity contribution in [3.05, 3.63) is 68.8 Å². The van der Waals surface area contributed by atoms with Crippen LogP contribution in [0.3, 0.4) is 0 Å². The van der Waals surface area contributed by atoms with Gasteiger partial charge in [-0.2, -0.15) is 0 Å². The standard InChI is InChI=1S/C16H20N2O2.C9H17NO3/c1-10(2)7-11-8-17-9-14(11)18-15(19)12-5-3-4-6-13(12)16(18)20;1-7(2)5-9(13-4)8(3)6-10(11)12/h3-7,11,14-15,17,19H,8-9H2,1-2H3;5,8-9H,6H2,1-4H3/t11-,14-,15?;8-,9+/m11/s1. The maximum Gasteiger partial charge on any atom is 0.256 e. The molecule has 1 saturated heterocycles. The quantitative estimate of drug-likeness (QED) is 0.367. The molecule has 2 N–H and O–H groups in total. The molecule has 1 aromatic carbocycles. The number of carbonyl (C=O) groups is 1. The first-order valence-electron chi connectivity index (χ1n) is 11.3. The van der Waals surface area contributed by atoms with E-state index in [0.29, 0.717) is 5.56 Å². The Morgan fingerprint density at radius 1 is 1.27 bits per heavy atom. The highest BCUT2D eigenvalue weighted by molar-refractivity contribution is 5.99. The molecule has 0 aliphatic carbocycles. The summed E-state index contributed by atoms with van der Waals surface area (Å²) in [7, 11) is 1.57. The van der Waals surface area contributed by atoms with E-state index in [9.17, 15) is 20.0 Å². The first-order chi connectivity index (χ1) is 15.6. The average Bonchev–Trinajstić information content (AvgIpc) is 3.27. The van der Waals surface area contributed by atoms with Crippen molar-refractivity contribution in [1.82, 2.24) is 10.2 Å². The molecule has 8 heteroatoms. The van der Waals surface area contributed by atoms with Crippen LogP contribution >= 0.6 is 0 Å². The molecule has 8 nitrogen and oxygen atoms in total. The molecule has 2 aliphatic rings. The third-order valence-corrected chi connectivity index (χ3v) is 5.87. The predicted molar refractivity (Wildman–Crippen MR) is 128 cm³/mol. The summed E-state index contributed by atoms with van der Waals surface area (Å²) in [6, 6.07) is 7.34. The Balaban J connectivity index is 0.000000260. The van der Waals surface area contributed by atoms with Crippen LogP contribution in [0.1, 0.15) is 56.8 Å². The normalized spacial score (nSPS) is 23.2. The molecule has 0 saturated carbocycles. The van der Waals surface area contributed by atoms with Crippen LogP contribution in [0.25, 0.3) is 0 Å². The Kier molecular flexibility index (Phi) is 9.76. The lowest BCUT2D eigenvalue weighted by Gasteiger charge is -2.30. The van der Waals surface area contributed by atoms with E-state index in [1.165, 1.54) is 5.57 Å². The van der Waals surface area contributed by atoms with Gasteiger partial charge < -0.3 is 20.1 Å². The molecule has 2 aliphatic heterocycles. The van der Waals surface area contributed by atoms with E-state index >= 15 is 0 Å². The molecule has 0 radical (unpaired) electrons. The van der Waals surface area contributed by atoms with E-state index in [0.717, 1.165) is 24.2 Å². The zero-order chi connectivity index (χ0) is 24.7. The molecule has 5 atom stereocenters. The van der Waals surface area contributed by atoms with Crippen LogP contribution in [-0.4, -0.2) is 59.7 Å². The summed E-state index contributed by atoms with van der Waals surface area (Å²) in [5.74, 6) is 0.108. The van der Waals surface area contributed by atoms with Gasteiger partial charge in [0.05, 0.1) is 18.1 Å². The van der Waals surface area contributed by atoms with Crippen LogP contribution in [0.15, 0.2) is 47.6 Å². The van der Waals surface area contributed by atoms with Gasteiger partial charge in [0.25, 0.3) is 5.91 Å². The van der Waals surface area contributed by atoms with Crippen LogP contribution in [0.5, 0.6) is 0 Å². The van der Waals surface area contributed by atoms with Gasteiger partial charge in [0, 0.05) is 42.2 Å². The lowest BCUT2D eigenvalue weighted by molar-refractivity contribution is -0.489. The van der Waals surface area contributed by atoms with Gasteiger partial charge >= 0.3 is 0 Å². The van der Waals surface area contributed by atoms with Gasteiger partial charge in [-0.05, 0) is 33.8 Å². The summed E-state index contributed by atoms with van der Waals surface area (Å²) in [6.07, 6.45) is 3.12. The number of hydrogen-bond acceptors (Lipinski definition) is 6. The Labute approximate surface area is 196 Å². The average molecular weight is 460 g/mol. The monoisotopic (exact) mass is 459 g/mol. The number of aliphatic hydroxyl groups excluding tert-OH is 1. The fraction of sp³-hybridized carbons (Fsp3) is 0.560. The number of amides is 1. The second-order valence-electron chi connectivity index (χ2n) is 9.24. The zero-order valence-electron chi connectivity index (χ0n) is 20.4. The first kappa shape index (κ1) is 26.7. The van der Waals surface area contributed by atoms with Crippen molar-refractivity contribution in [1.29, 1.82) is 0 Å². The number of allylic oxidation sites excluding steroid dienone is 2.